The number of hydrogen-bond donors (Lipinski definition) is 1. The average Bonchev–Trinajstić information content (AvgIpc) is 2.44. The molecule has 2 rings (SSSR count). The molecule has 0 spiro atoms. The summed E-state index contributed by atoms with van der Waals surface area (Å²) >= 11 is 5.78. The first kappa shape index (κ1) is 14.4. The van der Waals surface area contributed by atoms with Crippen LogP contribution in [0.15, 0.2) is 48.5 Å². The number of hydrogen-bond acceptors (Lipinski definition) is 2. The molecular weight excluding hydrogens is 274 g/mol. The van der Waals surface area contributed by atoms with Crippen LogP contribution in [-0.4, -0.2) is 12.5 Å². The minimum Gasteiger partial charge on any atom is -0.493 e. The van der Waals surface area contributed by atoms with Crippen LogP contribution in [-0.2, 0) is 4.79 Å². The number of rotatable bonds is 5. The molecule has 2 aromatic carbocycles. The number of carbonyl (C=O) groups is 1. The van der Waals surface area contributed by atoms with Crippen LogP contribution in [0.3, 0.4) is 0 Å². The molecule has 1 N–H and O–H groups in total. The SMILES string of the molecule is Cc1ccc(OCCC(=O)Nc2ccc(Cl)cc2)cc1. The highest BCUT2D eigenvalue weighted by atomic mass is 35.5. The molecule has 2 aromatic rings. The van der Waals surface area contributed by atoms with Crippen LogP contribution in [0.25, 0.3) is 0 Å². The molecule has 0 aliphatic rings. The molecule has 0 aromatic heterocycles. The first-order valence-corrected chi connectivity index (χ1v) is 6.76. The topological polar surface area (TPSA) is 38.3 Å². The Bertz CT molecular complexity index is 564. The highest BCUT2D eigenvalue weighted by Gasteiger charge is 2.03. The van der Waals surface area contributed by atoms with Gasteiger partial charge in [0.15, 0.2) is 0 Å². The monoisotopic (exact) mass is 289 g/mol. The Hall–Kier alpha value is -2.00. The third-order valence-electron chi connectivity index (χ3n) is 2.75. The quantitative estimate of drug-likeness (QED) is 0.901. The zero-order valence-electron chi connectivity index (χ0n) is 11.2. The summed E-state index contributed by atoms with van der Waals surface area (Å²) in [5, 5.41) is 3.43. The second kappa shape index (κ2) is 6.96. The van der Waals surface area contributed by atoms with Crippen LogP contribution < -0.4 is 10.1 Å². The summed E-state index contributed by atoms with van der Waals surface area (Å²) in [6.45, 7) is 2.37. The zero-order valence-corrected chi connectivity index (χ0v) is 12.0. The predicted molar refractivity (Wildman–Crippen MR) is 81.4 cm³/mol. The van der Waals surface area contributed by atoms with Gasteiger partial charge in [-0.1, -0.05) is 29.3 Å². The lowest BCUT2D eigenvalue weighted by Gasteiger charge is -2.07. The summed E-state index contributed by atoms with van der Waals surface area (Å²) < 4.78 is 5.51. The van der Waals surface area contributed by atoms with E-state index in [-0.39, 0.29) is 5.91 Å². The number of nitrogens with one attached hydrogen (secondary N) is 1. The third kappa shape index (κ3) is 4.59. The number of aryl methyl sites for hydroxylation is 1. The fourth-order valence-corrected chi connectivity index (χ4v) is 1.78. The Balaban J connectivity index is 1.75. The summed E-state index contributed by atoms with van der Waals surface area (Å²) in [4.78, 5) is 11.7. The van der Waals surface area contributed by atoms with Crippen molar-refractivity contribution in [2.24, 2.45) is 0 Å². The van der Waals surface area contributed by atoms with Gasteiger partial charge in [-0.15, -0.1) is 0 Å². The first-order chi connectivity index (χ1) is 9.63. The van der Waals surface area contributed by atoms with Crippen molar-refractivity contribution in [3.63, 3.8) is 0 Å². The minimum atomic E-state index is -0.0839. The fraction of sp³-hybridized carbons (Fsp3) is 0.188. The van der Waals surface area contributed by atoms with Gasteiger partial charge in [0, 0.05) is 10.7 Å². The van der Waals surface area contributed by atoms with Crippen LogP contribution >= 0.6 is 11.6 Å². The van der Waals surface area contributed by atoms with Crippen molar-refractivity contribution in [2.45, 2.75) is 13.3 Å². The predicted octanol–water partition coefficient (Wildman–Crippen LogP) is 4.06. The lowest BCUT2D eigenvalue weighted by molar-refractivity contribution is -0.116. The molecule has 1 amide bonds. The molecular formula is C16H16ClNO2. The van der Waals surface area contributed by atoms with E-state index in [4.69, 9.17) is 16.3 Å². The van der Waals surface area contributed by atoms with Gasteiger partial charge in [0.1, 0.15) is 5.75 Å². The summed E-state index contributed by atoms with van der Waals surface area (Å²) in [5.41, 5.74) is 1.91. The van der Waals surface area contributed by atoms with Gasteiger partial charge in [-0.25, -0.2) is 0 Å². The van der Waals surface area contributed by atoms with Crippen molar-refractivity contribution in [3.05, 3.63) is 59.1 Å². The van der Waals surface area contributed by atoms with Crippen molar-refractivity contribution in [2.75, 3.05) is 11.9 Å². The molecule has 0 saturated carbocycles. The Morgan fingerprint density at radius 1 is 1.10 bits per heavy atom. The summed E-state index contributed by atoms with van der Waals surface area (Å²) in [5.74, 6) is 0.689. The van der Waals surface area contributed by atoms with E-state index in [9.17, 15) is 4.79 Å². The number of amides is 1. The number of anilines is 1. The second-order valence-electron chi connectivity index (χ2n) is 4.47. The second-order valence-corrected chi connectivity index (χ2v) is 4.90. The Labute approximate surface area is 123 Å². The van der Waals surface area contributed by atoms with E-state index in [0.717, 1.165) is 11.4 Å². The molecule has 20 heavy (non-hydrogen) atoms. The lowest BCUT2D eigenvalue weighted by Crippen LogP contribution is -2.15. The summed E-state index contributed by atoms with van der Waals surface area (Å²) in [7, 11) is 0. The molecule has 0 aliphatic carbocycles. The molecule has 0 heterocycles. The lowest BCUT2D eigenvalue weighted by atomic mass is 10.2. The summed E-state index contributed by atoms with van der Waals surface area (Å²) in [6.07, 6.45) is 0.302. The summed E-state index contributed by atoms with van der Waals surface area (Å²) in [6, 6.07) is 14.7. The molecule has 0 fully saturated rings. The standard InChI is InChI=1S/C16H16ClNO2/c1-12-2-8-15(9-3-12)20-11-10-16(19)18-14-6-4-13(17)5-7-14/h2-9H,10-11H2,1H3,(H,18,19). The van der Waals surface area contributed by atoms with E-state index >= 15 is 0 Å². The maximum absolute atomic E-state index is 11.7. The molecule has 104 valence electrons. The number of halogens is 1. The van der Waals surface area contributed by atoms with Gasteiger partial charge >= 0.3 is 0 Å². The van der Waals surface area contributed by atoms with Gasteiger partial charge in [0.25, 0.3) is 0 Å². The Kier molecular flexibility index (Phi) is 5.02. The molecule has 0 saturated heterocycles. The van der Waals surface area contributed by atoms with Gasteiger partial charge in [0.05, 0.1) is 13.0 Å². The van der Waals surface area contributed by atoms with Crippen molar-refractivity contribution < 1.29 is 9.53 Å². The average molecular weight is 290 g/mol. The Morgan fingerprint density at radius 2 is 1.75 bits per heavy atom. The van der Waals surface area contributed by atoms with Crippen molar-refractivity contribution in [1.82, 2.24) is 0 Å². The molecule has 3 nitrogen and oxygen atoms in total. The smallest absolute Gasteiger partial charge is 0.227 e. The highest BCUT2D eigenvalue weighted by Crippen LogP contribution is 2.14. The molecule has 0 unspecified atom stereocenters. The molecule has 0 radical (unpaired) electrons. The first-order valence-electron chi connectivity index (χ1n) is 6.38. The van der Waals surface area contributed by atoms with Crippen LogP contribution in [0.4, 0.5) is 5.69 Å². The largest absolute Gasteiger partial charge is 0.493 e. The third-order valence-corrected chi connectivity index (χ3v) is 3.00. The number of ether oxygens (including phenoxy) is 1. The van der Waals surface area contributed by atoms with Gasteiger partial charge < -0.3 is 10.1 Å². The molecule has 0 aliphatic heterocycles. The van der Waals surface area contributed by atoms with Crippen LogP contribution in [0, 0.1) is 6.92 Å². The maximum Gasteiger partial charge on any atom is 0.227 e. The number of benzene rings is 2. The van der Waals surface area contributed by atoms with Crippen molar-refractivity contribution in [1.29, 1.82) is 0 Å². The minimum absolute atomic E-state index is 0.0839. The van der Waals surface area contributed by atoms with E-state index in [1.54, 1.807) is 24.3 Å². The van der Waals surface area contributed by atoms with E-state index < -0.39 is 0 Å². The van der Waals surface area contributed by atoms with Crippen LogP contribution in [0.1, 0.15) is 12.0 Å². The zero-order chi connectivity index (χ0) is 14.4. The molecule has 0 bridgehead atoms. The normalized spacial score (nSPS) is 10.1. The maximum atomic E-state index is 11.7. The van der Waals surface area contributed by atoms with Crippen molar-refractivity contribution in [3.8, 4) is 5.75 Å². The van der Waals surface area contributed by atoms with Gasteiger partial charge in [-0.2, -0.15) is 0 Å². The highest BCUT2D eigenvalue weighted by molar-refractivity contribution is 6.30. The van der Waals surface area contributed by atoms with E-state index in [1.807, 2.05) is 31.2 Å². The van der Waals surface area contributed by atoms with E-state index in [0.29, 0.717) is 18.1 Å². The van der Waals surface area contributed by atoms with Gasteiger partial charge in [0.2, 0.25) is 5.91 Å². The molecule has 0 atom stereocenters. The molecule has 4 heteroatoms. The van der Waals surface area contributed by atoms with E-state index in [1.165, 1.54) is 5.56 Å². The van der Waals surface area contributed by atoms with Gasteiger partial charge in [-0.05, 0) is 43.3 Å². The number of carbonyl (C=O) groups excluding carboxylic acids is 1. The van der Waals surface area contributed by atoms with Crippen LogP contribution in [0.5, 0.6) is 5.75 Å². The van der Waals surface area contributed by atoms with Gasteiger partial charge in [-0.3, -0.25) is 4.79 Å². The van der Waals surface area contributed by atoms with Crippen LogP contribution in [0.2, 0.25) is 5.02 Å². The fourth-order valence-electron chi connectivity index (χ4n) is 1.65. The van der Waals surface area contributed by atoms with Crippen molar-refractivity contribution >= 4 is 23.2 Å². The van der Waals surface area contributed by atoms with E-state index in [2.05, 4.69) is 5.32 Å². The Morgan fingerprint density at radius 3 is 2.40 bits per heavy atom.